The third-order valence-electron chi connectivity index (χ3n) is 1.27. The predicted molar refractivity (Wildman–Crippen MR) is 46.9 cm³/mol. The van der Waals surface area contributed by atoms with Crippen molar-refractivity contribution in [3.05, 3.63) is 24.3 Å². The number of primary amides is 2. The van der Waals surface area contributed by atoms with E-state index in [1.54, 1.807) is 12.1 Å². The van der Waals surface area contributed by atoms with Gasteiger partial charge >= 0.3 is 12.2 Å². The maximum absolute atomic E-state index is 10.4. The van der Waals surface area contributed by atoms with E-state index in [9.17, 15) is 9.59 Å². The van der Waals surface area contributed by atoms with Gasteiger partial charge in [0.05, 0.1) is 0 Å². The lowest BCUT2D eigenvalue weighted by Gasteiger charge is -2.06. The smallest absolute Gasteiger partial charge is 0.406 e. The molecule has 4 N–H and O–H groups in total. The van der Waals surface area contributed by atoms with Gasteiger partial charge in [-0.25, -0.2) is 9.59 Å². The van der Waals surface area contributed by atoms with E-state index >= 15 is 0 Å². The molecular formula is C8H8N2O4. The van der Waals surface area contributed by atoms with Gasteiger partial charge in [0, 0.05) is 0 Å². The van der Waals surface area contributed by atoms with Crippen molar-refractivity contribution in [1.82, 2.24) is 0 Å². The summed E-state index contributed by atoms with van der Waals surface area (Å²) in [5, 5.41) is 0. The largest absolute Gasteiger partial charge is 0.410 e. The van der Waals surface area contributed by atoms with Crippen LogP contribution in [0.3, 0.4) is 0 Å². The van der Waals surface area contributed by atoms with Crippen molar-refractivity contribution in [2.45, 2.75) is 0 Å². The zero-order valence-electron chi connectivity index (χ0n) is 7.10. The number of carbonyl (C=O) groups excluding carboxylic acids is 2. The van der Waals surface area contributed by atoms with Gasteiger partial charge in [-0.1, -0.05) is 12.1 Å². The Morgan fingerprint density at radius 1 is 0.929 bits per heavy atom. The highest BCUT2D eigenvalue weighted by Gasteiger charge is 2.08. The van der Waals surface area contributed by atoms with Gasteiger partial charge in [0.25, 0.3) is 0 Å². The molecule has 0 aromatic heterocycles. The zero-order chi connectivity index (χ0) is 10.6. The predicted octanol–water partition coefficient (Wildman–Crippen LogP) is 0.602. The van der Waals surface area contributed by atoms with E-state index < -0.39 is 12.2 Å². The van der Waals surface area contributed by atoms with Gasteiger partial charge in [-0.15, -0.1) is 0 Å². The molecule has 0 saturated heterocycles. The summed E-state index contributed by atoms with van der Waals surface area (Å²) in [6.45, 7) is 0. The van der Waals surface area contributed by atoms with E-state index in [0.717, 1.165) is 0 Å². The maximum atomic E-state index is 10.4. The Bertz CT molecular complexity index is 329. The lowest BCUT2D eigenvalue weighted by molar-refractivity contribution is 0.200. The number of carbonyl (C=O) groups is 2. The van der Waals surface area contributed by atoms with Crippen LogP contribution in [0.1, 0.15) is 0 Å². The van der Waals surface area contributed by atoms with Crippen LogP contribution in [-0.2, 0) is 0 Å². The molecule has 0 saturated carbocycles. The molecule has 0 atom stereocenters. The SMILES string of the molecule is NC(=O)Oc1ccccc1OC(N)=O. The summed E-state index contributed by atoms with van der Waals surface area (Å²) in [6.07, 6.45) is -1.99. The molecule has 14 heavy (non-hydrogen) atoms. The standard InChI is InChI=1S/C8H8N2O4/c9-7(11)13-5-3-1-2-4-6(5)14-8(10)12/h1-4H,(H2,9,11)(H2,10,12). The van der Waals surface area contributed by atoms with Crippen molar-refractivity contribution in [3.63, 3.8) is 0 Å². The van der Waals surface area contributed by atoms with Crippen LogP contribution in [0, 0.1) is 0 Å². The summed E-state index contributed by atoms with van der Waals surface area (Å²) >= 11 is 0. The van der Waals surface area contributed by atoms with Gasteiger partial charge in [-0.05, 0) is 12.1 Å². The highest BCUT2D eigenvalue weighted by Crippen LogP contribution is 2.26. The average molecular weight is 196 g/mol. The molecule has 74 valence electrons. The molecule has 0 aliphatic heterocycles. The Morgan fingerprint density at radius 2 is 1.29 bits per heavy atom. The number of para-hydroxylation sites is 2. The quantitative estimate of drug-likeness (QED) is 0.722. The van der Waals surface area contributed by atoms with E-state index in [1.165, 1.54) is 12.1 Å². The first-order chi connectivity index (χ1) is 6.59. The normalized spacial score (nSPS) is 9.14. The summed E-state index contributed by atoms with van der Waals surface area (Å²) in [7, 11) is 0. The van der Waals surface area contributed by atoms with Gasteiger partial charge in [0.15, 0.2) is 11.5 Å². The number of rotatable bonds is 2. The van der Waals surface area contributed by atoms with Crippen LogP contribution < -0.4 is 20.9 Å². The molecule has 1 aromatic carbocycles. The fourth-order valence-corrected chi connectivity index (χ4v) is 0.836. The Labute approximate surface area is 79.4 Å². The van der Waals surface area contributed by atoms with Crippen LogP contribution >= 0.6 is 0 Å². The first-order valence-electron chi connectivity index (χ1n) is 3.63. The average Bonchev–Trinajstić information content (AvgIpc) is 2.06. The molecule has 0 bridgehead atoms. The molecule has 0 unspecified atom stereocenters. The third kappa shape index (κ3) is 2.67. The van der Waals surface area contributed by atoms with Gasteiger partial charge in [-0.2, -0.15) is 0 Å². The van der Waals surface area contributed by atoms with Crippen LogP contribution in [0.4, 0.5) is 9.59 Å². The fraction of sp³-hybridized carbons (Fsp3) is 0. The van der Waals surface area contributed by atoms with Crippen LogP contribution in [0.15, 0.2) is 24.3 Å². The Balaban J connectivity index is 2.90. The van der Waals surface area contributed by atoms with Crippen molar-refractivity contribution in [2.75, 3.05) is 0 Å². The molecule has 6 nitrogen and oxygen atoms in total. The first kappa shape index (κ1) is 9.85. The van der Waals surface area contributed by atoms with Gasteiger partial charge < -0.3 is 20.9 Å². The molecule has 0 heterocycles. The Kier molecular flexibility index (Phi) is 2.90. The number of nitrogens with two attached hydrogens (primary N) is 2. The minimum Gasteiger partial charge on any atom is -0.406 e. The van der Waals surface area contributed by atoms with Crippen molar-refractivity contribution >= 4 is 12.2 Å². The summed E-state index contributed by atoms with van der Waals surface area (Å²) in [4.78, 5) is 20.9. The van der Waals surface area contributed by atoms with Crippen molar-refractivity contribution in [2.24, 2.45) is 11.5 Å². The van der Waals surface area contributed by atoms with Crippen LogP contribution in [-0.4, -0.2) is 12.2 Å². The van der Waals surface area contributed by atoms with Crippen LogP contribution in [0.25, 0.3) is 0 Å². The molecule has 0 spiro atoms. The molecule has 1 rings (SSSR count). The second-order valence-electron chi connectivity index (χ2n) is 2.29. The lowest BCUT2D eigenvalue weighted by Crippen LogP contribution is -2.19. The summed E-state index contributed by atoms with van der Waals surface area (Å²) in [6, 6.07) is 6.02. The molecule has 2 amide bonds. The lowest BCUT2D eigenvalue weighted by atomic mass is 10.3. The van der Waals surface area contributed by atoms with Crippen molar-refractivity contribution in [1.29, 1.82) is 0 Å². The van der Waals surface area contributed by atoms with Gasteiger partial charge in [0.2, 0.25) is 0 Å². The number of hydrogen-bond donors (Lipinski definition) is 2. The third-order valence-corrected chi connectivity index (χ3v) is 1.27. The minimum atomic E-state index is -0.995. The fourth-order valence-electron chi connectivity index (χ4n) is 0.836. The van der Waals surface area contributed by atoms with E-state index in [2.05, 4.69) is 9.47 Å². The molecule has 6 heteroatoms. The Hall–Kier alpha value is -2.24. The monoisotopic (exact) mass is 196 g/mol. The van der Waals surface area contributed by atoms with Crippen LogP contribution in [0.5, 0.6) is 11.5 Å². The van der Waals surface area contributed by atoms with Crippen LogP contribution in [0.2, 0.25) is 0 Å². The number of ether oxygens (including phenoxy) is 2. The number of hydrogen-bond acceptors (Lipinski definition) is 4. The highest BCUT2D eigenvalue weighted by atomic mass is 16.6. The van der Waals surface area contributed by atoms with E-state index in [4.69, 9.17) is 11.5 Å². The molecular weight excluding hydrogens is 188 g/mol. The Morgan fingerprint density at radius 3 is 1.57 bits per heavy atom. The van der Waals surface area contributed by atoms with E-state index in [0.29, 0.717) is 0 Å². The second-order valence-corrected chi connectivity index (χ2v) is 2.29. The van der Waals surface area contributed by atoms with E-state index in [1.807, 2.05) is 0 Å². The van der Waals surface area contributed by atoms with Gasteiger partial charge in [-0.3, -0.25) is 0 Å². The molecule has 0 fully saturated rings. The van der Waals surface area contributed by atoms with Gasteiger partial charge in [0.1, 0.15) is 0 Å². The minimum absolute atomic E-state index is 0.0406. The zero-order valence-corrected chi connectivity index (χ0v) is 7.10. The first-order valence-corrected chi connectivity index (χ1v) is 3.63. The van der Waals surface area contributed by atoms with Crippen molar-refractivity contribution < 1.29 is 19.1 Å². The number of benzene rings is 1. The molecule has 0 radical (unpaired) electrons. The summed E-state index contributed by atoms with van der Waals surface area (Å²) in [5.74, 6) is 0.0811. The molecule has 0 aliphatic carbocycles. The second kappa shape index (κ2) is 4.13. The van der Waals surface area contributed by atoms with E-state index in [-0.39, 0.29) is 11.5 Å². The topological polar surface area (TPSA) is 105 Å². The maximum Gasteiger partial charge on any atom is 0.410 e. The highest BCUT2D eigenvalue weighted by molar-refractivity contribution is 5.72. The van der Waals surface area contributed by atoms with Crippen molar-refractivity contribution in [3.8, 4) is 11.5 Å². The summed E-state index contributed by atoms with van der Waals surface area (Å²) < 4.78 is 9.10. The molecule has 0 aliphatic rings. The summed E-state index contributed by atoms with van der Waals surface area (Å²) in [5.41, 5.74) is 9.58. The number of amides is 2. The molecule has 1 aromatic rings.